The van der Waals surface area contributed by atoms with Crippen LogP contribution in [-0.4, -0.2) is 15.9 Å². The first kappa shape index (κ1) is 16.8. The summed E-state index contributed by atoms with van der Waals surface area (Å²) >= 11 is 0. The fraction of sp³-hybridized carbons (Fsp3) is 0.364. The molecule has 0 radical (unpaired) electrons. The lowest BCUT2D eigenvalue weighted by molar-refractivity contribution is 0.0926. The third-order valence-electron chi connectivity index (χ3n) is 5.23. The van der Waals surface area contributed by atoms with Crippen LogP contribution in [0.1, 0.15) is 59.5 Å². The minimum absolute atomic E-state index is 0.00905. The number of benzene rings is 1. The number of pyridine rings is 1. The topological polar surface area (TPSA) is 57.8 Å². The number of rotatable bonds is 6. The van der Waals surface area contributed by atoms with Crippen molar-refractivity contribution in [1.29, 1.82) is 0 Å². The molecule has 1 aromatic carbocycles. The first-order valence-electron chi connectivity index (χ1n) is 9.50. The Morgan fingerprint density at radius 2 is 2.15 bits per heavy atom. The highest BCUT2D eigenvalue weighted by Crippen LogP contribution is 2.41. The molecule has 4 rings (SSSR count). The molecule has 1 aliphatic carbocycles. The normalized spacial score (nSPS) is 15.2. The second-order valence-electron chi connectivity index (χ2n) is 7.31. The van der Waals surface area contributed by atoms with Gasteiger partial charge in [-0.25, -0.2) is 0 Å². The summed E-state index contributed by atoms with van der Waals surface area (Å²) in [5, 5.41) is 4.33. The molecule has 1 atom stereocenters. The number of H-pyrrole nitrogens is 1. The Labute approximate surface area is 154 Å². The van der Waals surface area contributed by atoms with Gasteiger partial charge in [-0.2, -0.15) is 0 Å². The third kappa shape index (κ3) is 3.24. The molecule has 1 saturated carbocycles. The summed E-state index contributed by atoms with van der Waals surface area (Å²) in [7, 11) is 0. The van der Waals surface area contributed by atoms with Gasteiger partial charge in [-0.05, 0) is 55.4 Å². The lowest BCUT2D eigenvalue weighted by Crippen LogP contribution is -2.31. The van der Waals surface area contributed by atoms with E-state index >= 15 is 0 Å². The average Bonchev–Trinajstić information content (AvgIpc) is 3.38. The standard InChI is InChI=1S/C22H25N3O/c1-3-6-15-8-4-9-17-13-18(24-20(15)17)22(26)25-21(16-10-11-16)19-14(2)7-5-12-23-19/h4-5,7-9,12-13,16,21,24H,3,6,10-11H2,1-2H3,(H,25,26). The number of fused-ring (bicyclic) bond motifs is 1. The quantitative estimate of drug-likeness (QED) is 0.679. The SMILES string of the molecule is CCCc1cccc2cc(C(=O)NC(c3ncccc3C)C3CC3)[nH]c12. The summed E-state index contributed by atoms with van der Waals surface area (Å²) in [5.41, 5.74) is 5.10. The number of carbonyl (C=O) groups is 1. The molecule has 0 saturated heterocycles. The van der Waals surface area contributed by atoms with E-state index in [1.54, 1.807) is 0 Å². The number of hydrogen-bond donors (Lipinski definition) is 2. The summed E-state index contributed by atoms with van der Waals surface area (Å²) in [6, 6.07) is 12.2. The van der Waals surface area contributed by atoms with E-state index in [0.717, 1.165) is 47.8 Å². The summed E-state index contributed by atoms with van der Waals surface area (Å²) in [6.07, 6.45) is 6.20. The van der Waals surface area contributed by atoms with Crippen molar-refractivity contribution in [1.82, 2.24) is 15.3 Å². The lowest BCUT2D eigenvalue weighted by Gasteiger charge is -2.19. The smallest absolute Gasteiger partial charge is 0.268 e. The van der Waals surface area contributed by atoms with Crippen LogP contribution in [0.2, 0.25) is 0 Å². The van der Waals surface area contributed by atoms with Gasteiger partial charge in [-0.15, -0.1) is 0 Å². The summed E-state index contributed by atoms with van der Waals surface area (Å²) in [6.45, 7) is 4.23. The van der Waals surface area contributed by atoms with Gasteiger partial charge in [-0.3, -0.25) is 9.78 Å². The molecule has 134 valence electrons. The van der Waals surface area contributed by atoms with E-state index in [1.165, 1.54) is 5.56 Å². The molecule has 0 spiro atoms. The molecule has 0 aliphatic heterocycles. The van der Waals surface area contributed by atoms with Crippen molar-refractivity contribution in [3.05, 3.63) is 65.1 Å². The molecule has 1 unspecified atom stereocenters. The third-order valence-corrected chi connectivity index (χ3v) is 5.23. The predicted molar refractivity (Wildman–Crippen MR) is 104 cm³/mol. The molecular formula is C22H25N3O. The highest BCUT2D eigenvalue weighted by Gasteiger charge is 2.35. The number of aromatic amines is 1. The number of aromatic nitrogens is 2. The summed E-state index contributed by atoms with van der Waals surface area (Å²) in [4.78, 5) is 20.8. The van der Waals surface area contributed by atoms with Crippen molar-refractivity contribution in [3.63, 3.8) is 0 Å². The first-order valence-corrected chi connectivity index (χ1v) is 9.50. The fourth-order valence-electron chi connectivity index (χ4n) is 3.70. The molecule has 4 nitrogen and oxygen atoms in total. The number of nitrogens with one attached hydrogen (secondary N) is 2. The molecular weight excluding hydrogens is 322 g/mol. The van der Waals surface area contributed by atoms with Crippen molar-refractivity contribution in [2.45, 2.75) is 45.6 Å². The Kier molecular flexibility index (Phi) is 4.49. The van der Waals surface area contributed by atoms with Crippen molar-refractivity contribution < 1.29 is 4.79 Å². The number of hydrogen-bond acceptors (Lipinski definition) is 2. The highest BCUT2D eigenvalue weighted by molar-refractivity contribution is 5.99. The fourth-order valence-corrected chi connectivity index (χ4v) is 3.70. The predicted octanol–water partition coefficient (Wildman–Crippen LogP) is 4.70. The Morgan fingerprint density at radius 3 is 2.88 bits per heavy atom. The number of aryl methyl sites for hydroxylation is 2. The number of nitrogens with zero attached hydrogens (tertiary/aromatic N) is 1. The average molecular weight is 347 g/mol. The monoisotopic (exact) mass is 347 g/mol. The molecule has 2 heterocycles. The zero-order chi connectivity index (χ0) is 18.1. The minimum atomic E-state index is -0.0504. The molecule has 2 aromatic heterocycles. The van der Waals surface area contributed by atoms with Crippen molar-refractivity contribution >= 4 is 16.8 Å². The van der Waals surface area contributed by atoms with Gasteiger partial charge >= 0.3 is 0 Å². The van der Waals surface area contributed by atoms with Crippen LogP contribution >= 0.6 is 0 Å². The maximum absolute atomic E-state index is 12.9. The molecule has 1 aliphatic rings. The molecule has 26 heavy (non-hydrogen) atoms. The van der Waals surface area contributed by atoms with Crippen molar-refractivity contribution in [3.8, 4) is 0 Å². The molecule has 3 aromatic rings. The van der Waals surface area contributed by atoms with Crippen LogP contribution in [0.15, 0.2) is 42.6 Å². The van der Waals surface area contributed by atoms with Crippen LogP contribution in [0.5, 0.6) is 0 Å². The van der Waals surface area contributed by atoms with Crippen molar-refractivity contribution in [2.24, 2.45) is 5.92 Å². The van der Waals surface area contributed by atoms with Gasteiger partial charge in [0.25, 0.3) is 5.91 Å². The van der Waals surface area contributed by atoms with E-state index in [4.69, 9.17) is 0 Å². The summed E-state index contributed by atoms with van der Waals surface area (Å²) < 4.78 is 0. The van der Waals surface area contributed by atoms with Gasteiger partial charge in [0.2, 0.25) is 0 Å². The van der Waals surface area contributed by atoms with E-state index in [-0.39, 0.29) is 11.9 Å². The van der Waals surface area contributed by atoms with Crippen LogP contribution in [0, 0.1) is 12.8 Å². The second kappa shape index (κ2) is 6.94. The molecule has 0 bridgehead atoms. The van der Waals surface area contributed by atoms with Gasteiger partial charge in [-0.1, -0.05) is 37.6 Å². The Morgan fingerprint density at radius 1 is 1.31 bits per heavy atom. The van der Waals surface area contributed by atoms with Crippen LogP contribution in [0.25, 0.3) is 10.9 Å². The maximum atomic E-state index is 12.9. The van der Waals surface area contributed by atoms with E-state index < -0.39 is 0 Å². The van der Waals surface area contributed by atoms with E-state index in [0.29, 0.717) is 11.6 Å². The van der Waals surface area contributed by atoms with E-state index in [2.05, 4.69) is 53.4 Å². The van der Waals surface area contributed by atoms with Crippen LogP contribution < -0.4 is 5.32 Å². The Bertz CT molecular complexity index is 939. The lowest BCUT2D eigenvalue weighted by atomic mass is 10.0. The second-order valence-corrected chi connectivity index (χ2v) is 7.31. The number of para-hydroxylation sites is 1. The van der Waals surface area contributed by atoms with Gasteiger partial charge in [0.15, 0.2) is 0 Å². The van der Waals surface area contributed by atoms with Gasteiger partial charge < -0.3 is 10.3 Å². The van der Waals surface area contributed by atoms with Gasteiger partial charge in [0.05, 0.1) is 11.7 Å². The zero-order valence-corrected chi connectivity index (χ0v) is 15.4. The molecule has 1 amide bonds. The van der Waals surface area contributed by atoms with Gasteiger partial charge in [0, 0.05) is 17.1 Å². The van der Waals surface area contributed by atoms with Crippen LogP contribution in [-0.2, 0) is 6.42 Å². The summed E-state index contributed by atoms with van der Waals surface area (Å²) in [5.74, 6) is 0.443. The number of carbonyl (C=O) groups excluding carboxylic acids is 1. The molecule has 1 fully saturated rings. The molecule has 2 N–H and O–H groups in total. The number of amides is 1. The van der Waals surface area contributed by atoms with Crippen molar-refractivity contribution in [2.75, 3.05) is 0 Å². The largest absolute Gasteiger partial charge is 0.350 e. The minimum Gasteiger partial charge on any atom is -0.350 e. The van der Waals surface area contributed by atoms with Crippen LogP contribution in [0.4, 0.5) is 0 Å². The zero-order valence-electron chi connectivity index (χ0n) is 15.4. The maximum Gasteiger partial charge on any atom is 0.268 e. The van der Waals surface area contributed by atoms with E-state index in [1.807, 2.05) is 18.3 Å². The Hall–Kier alpha value is -2.62. The first-order chi connectivity index (χ1) is 12.7. The van der Waals surface area contributed by atoms with Crippen LogP contribution in [0.3, 0.4) is 0 Å². The van der Waals surface area contributed by atoms with E-state index in [9.17, 15) is 4.79 Å². The molecule has 4 heteroatoms. The highest BCUT2D eigenvalue weighted by atomic mass is 16.2. The van der Waals surface area contributed by atoms with Gasteiger partial charge in [0.1, 0.15) is 5.69 Å². The Balaban J connectivity index is 1.62.